The molecule has 0 unspecified atom stereocenters. The first-order valence-corrected chi connectivity index (χ1v) is 11.8. The number of hydrogen-bond donors (Lipinski definition) is 0. The monoisotopic (exact) mass is 408 g/mol. The molecule has 4 rings (SSSR count). The summed E-state index contributed by atoms with van der Waals surface area (Å²) < 4.78 is 0. The Bertz CT molecular complexity index is 968. The Hall–Kier alpha value is -3.09. The minimum Gasteiger partial charge on any atom is -0.282 e. The lowest BCUT2D eigenvalue weighted by molar-refractivity contribution is 0.939. The van der Waals surface area contributed by atoms with Crippen LogP contribution in [-0.4, -0.2) is 23.4 Å². The van der Waals surface area contributed by atoms with Gasteiger partial charge >= 0.3 is 0 Å². The Kier molecular flexibility index (Phi) is 7.15. The van der Waals surface area contributed by atoms with Crippen molar-refractivity contribution >= 4 is 24.2 Å². The zero-order chi connectivity index (χ0) is 20.4. The van der Waals surface area contributed by atoms with Crippen LogP contribution in [0.5, 0.6) is 0 Å². The van der Waals surface area contributed by atoms with Gasteiger partial charge in [0, 0.05) is 18.3 Å². The summed E-state index contributed by atoms with van der Waals surface area (Å²) in [4.78, 5) is 9.53. The second kappa shape index (κ2) is 10.6. The van der Waals surface area contributed by atoms with Gasteiger partial charge in [0.2, 0.25) is 0 Å². The summed E-state index contributed by atoms with van der Waals surface area (Å²) in [6, 6.07) is 38.1. The van der Waals surface area contributed by atoms with Gasteiger partial charge in [0.25, 0.3) is 0 Å². The second-order valence-corrected chi connectivity index (χ2v) is 9.32. The Morgan fingerprint density at radius 2 is 1.23 bits per heavy atom. The van der Waals surface area contributed by atoms with Gasteiger partial charge in [0.15, 0.2) is 0 Å². The molecular formula is C27H25N2P. The van der Waals surface area contributed by atoms with E-state index in [2.05, 4.69) is 89.9 Å². The molecule has 0 saturated heterocycles. The van der Waals surface area contributed by atoms with Crippen LogP contribution in [0.4, 0.5) is 0 Å². The van der Waals surface area contributed by atoms with E-state index in [4.69, 9.17) is 4.99 Å². The molecular weight excluding hydrogens is 383 g/mol. The van der Waals surface area contributed by atoms with Gasteiger partial charge in [0.1, 0.15) is 0 Å². The summed E-state index contributed by atoms with van der Waals surface area (Å²) in [7, 11) is -0.375. The van der Waals surface area contributed by atoms with E-state index in [0.29, 0.717) is 0 Å². The number of hydrogen-bond acceptors (Lipinski definition) is 2. The first-order valence-electron chi connectivity index (χ1n) is 10.3. The van der Waals surface area contributed by atoms with E-state index >= 15 is 0 Å². The average molecular weight is 408 g/mol. The Labute approximate surface area is 180 Å². The van der Waals surface area contributed by atoms with Crippen LogP contribution in [-0.2, 0) is 0 Å². The molecule has 1 aromatic heterocycles. The van der Waals surface area contributed by atoms with E-state index < -0.39 is 0 Å². The van der Waals surface area contributed by atoms with Crippen molar-refractivity contribution in [2.24, 2.45) is 4.99 Å². The molecule has 0 amide bonds. The maximum atomic E-state index is 4.99. The van der Waals surface area contributed by atoms with Crippen molar-refractivity contribution in [1.82, 2.24) is 4.98 Å². The Morgan fingerprint density at radius 3 is 1.80 bits per heavy atom. The minimum absolute atomic E-state index is 0.375. The number of rotatable bonds is 8. The maximum absolute atomic E-state index is 4.99. The van der Waals surface area contributed by atoms with Gasteiger partial charge in [-0.05, 0) is 43.2 Å². The lowest BCUT2D eigenvalue weighted by Crippen LogP contribution is -2.14. The van der Waals surface area contributed by atoms with Gasteiger partial charge in [-0.25, -0.2) is 0 Å². The molecule has 3 heteroatoms. The molecule has 0 spiro atoms. The van der Waals surface area contributed by atoms with Crippen LogP contribution in [0.1, 0.15) is 17.7 Å². The van der Waals surface area contributed by atoms with Crippen LogP contribution in [0.15, 0.2) is 120 Å². The fraction of sp³-hybridized carbons (Fsp3) is 0.111. The number of pyridine rings is 1. The van der Waals surface area contributed by atoms with Crippen LogP contribution < -0.4 is 10.6 Å². The van der Waals surface area contributed by atoms with Gasteiger partial charge in [-0.3, -0.25) is 9.98 Å². The molecule has 0 radical (unpaired) electrons. The molecule has 3 aromatic carbocycles. The summed E-state index contributed by atoms with van der Waals surface area (Å²) in [6.07, 6.45) is 3.99. The van der Waals surface area contributed by atoms with Crippen molar-refractivity contribution in [1.29, 1.82) is 0 Å². The lowest BCUT2D eigenvalue weighted by atomic mass is 10.1. The van der Waals surface area contributed by atoms with E-state index in [1.165, 1.54) is 10.6 Å². The highest BCUT2D eigenvalue weighted by atomic mass is 31.1. The molecule has 2 nitrogen and oxygen atoms in total. The number of aromatic nitrogens is 1. The number of benzene rings is 3. The van der Waals surface area contributed by atoms with E-state index in [-0.39, 0.29) is 7.92 Å². The zero-order valence-corrected chi connectivity index (χ0v) is 17.8. The van der Waals surface area contributed by atoms with Crippen LogP contribution in [0.2, 0.25) is 0 Å². The van der Waals surface area contributed by atoms with E-state index in [1.54, 1.807) is 0 Å². The predicted octanol–water partition coefficient (Wildman–Crippen LogP) is 5.44. The zero-order valence-electron chi connectivity index (χ0n) is 16.9. The highest BCUT2D eigenvalue weighted by Crippen LogP contribution is 2.34. The third kappa shape index (κ3) is 5.28. The quantitative estimate of drug-likeness (QED) is 0.216. The maximum Gasteiger partial charge on any atom is 0.0903 e. The SMILES string of the molecule is c1ccc(C(=NCCCP(c2ccccc2)c2ccccc2)c2ccccn2)cc1. The van der Waals surface area contributed by atoms with E-state index in [9.17, 15) is 0 Å². The van der Waals surface area contributed by atoms with Crippen LogP contribution >= 0.6 is 7.92 Å². The van der Waals surface area contributed by atoms with Crippen LogP contribution in [0.3, 0.4) is 0 Å². The smallest absolute Gasteiger partial charge is 0.0903 e. The van der Waals surface area contributed by atoms with E-state index in [0.717, 1.165) is 36.1 Å². The van der Waals surface area contributed by atoms with E-state index in [1.807, 2.05) is 30.5 Å². The summed E-state index contributed by atoms with van der Waals surface area (Å²) >= 11 is 0. The largest absolute Gasteiger partial charge is 0.282 e. The first kappa shape index (κ1) is 20.2. The van der Waals surface area contributed by atoms with Gasteiger partial charge in [-0.2, -0.15) is 0 Å². The topological polar surface area (TPSA) is 25.2 Å². The Morgan fingerprint density at radius 1 is 0.667 bits per heavy atom. The molecule has 148 valence electrons. The van der Waals surface area contributed by atoms with Crippen molar-refractivity contribution < 1.29 is 0 Å². The van der Waals surface area contributed by atoms with Crippen molar-refractivity contribution in [3.05, 3.63) is 127 Å². The molecule has 0 aliphatic carbocycles. The lowest BCUT2D eigenvalue weighted by Gasteiger charge is -2.18. The number of aliphatic imine (C=N–C) groups is 1. The molecule has 30 heavy (non-hydrogen) atoms. The van der Waals surface area contributed by atoms with Crippen molar-refractivity contribution in [3.8, 4) is 0 Å². The standard InChI is InChI=1S/C27H25N2P/c1-4-13-23(14-5-1)27(26-19-10-11-20-28-26)29-21-12-22-30(24-15-6-2-7-16-24)25-17-8-3-9-18-25/h1-11,13-20H,12,21-22H2. The second-order valence-electron chi connectivity index (χ2n) is 6.99. The highest BCUT2D eigenvalue weighted by Gasteiger charge is 2.13. The average Bonchev–Trinajstić information content (AvgIpc) is 2.84. The van der Waals surface area contributed by atoms with Crippen LogP contribution in [0, 0.1) is 0 Å². The molecule has 0 N–H and O–H groups in total. The molecule has 0 atom stereocenters. The third-order valence-corrected chi connectivity index (χ3v) is 7.51. The minimum atomic E-state index is -0.375. The number of nitrogens with zero attached hydrogens (tertiary/aromatic N) is 2. The molecule has 0 aliphatic rings. The van der Waals surface area contributed by atoms with Gasteiger partial charge in [-0.1, -0.05) is 97.1 Å². The third-order valence-electron chi connectivity index (χ3n) is 4.90. The normalized spacial score (nSPS) is 11.6. The molecule has 0 saturated carbocycles. The summed E-state index contributed by atoms with van der Waals surface area (Å²) in [5, 5.41) is 2.85. The Balaban J connectivity index is 1.52. The van der Waals surface area contributed by atoms with Gasteiger partial charge in [-0.15, -0.1) is 0 Å². The molecule has 1 heterocycles. The van der Waals surface area contributed by atoms with Crippen molar-refractivity contribution in [3.63, 3.8) is 0 Å². The van der Waals surface area contributed by atoms with Crippen LogP contribution in [0.25, 0.3) is 0 Å². The fourth-order valence-electron chi connectivity index (χ4n) is 3.46. The summed E-state index contributed by atoms with van der Waals surface area (Å²) in [6.45, 7) is 0.791. The molecule has 4 aromatic rings. The summed E-state index contributed by atoms with van der Waals surface area (Å²) in [5.41, 5.74) is 3.02. The highest BCUT2D eigenvalue weighted by molar-refractivity contribution is 7.73. The molecule has 0 bridgehead atoms. The van der Waals surface area contributed by atoms with Gasteiger partial charge in [0.05, 0.1) is 11.4 Å². The first-order chi connectivity index (χ1) is 14.9. The summed E-state index contributed by atoms with van der Waals surface area (Å²) in [5.74, 6) is 0. The predicted molar refractivity (Wildman–Crippen MR) is 130 cm³/mol. The molecule has 0 fully saturated rings. The molecule has 0 aliphatic heterocycles. The van der Waals surface area contributed by atoms with Gasteiger partial charge < -0.3 is 0 Å². The van der Waals surface area contributed by atoms with Crippen molar-refractivity contribution in [2.45, 2.75) is 6.42 Å². The van der Waals surface area contributed by atoms with Crippen molar-refractivity contribution in [2.75, 3.05) is 12.7 Å². The fourth-order valence-corrected chi connectivity index (χ4v) is 5.80.